The Hall–Kier alpha value is -2.62. The highest BCUT2D eigenvalue weighted by atomic mass is 16.5. The lowest BCUT2D eigenvalue weighted by Crippen LogP contribution is -2.19. The van der Waals surface area contributed by atoms with Crippen LogP contribution in [0.25, 0.3) is 0 Å². The molecule has 0 radical (unpaired) electrons. The van der Waals surface area contributed by atoms with Gasteiger partial charge >= 0.3 is 11.9 Å². The minimum absolute atomic E-state index is 0.236. The summed E-state index contributed by atoms with van der Waals surface area (Å²) in [6.45, 7) is 7.77. The van der Waals surface area contributed by atoms with E-state index in [1.165, 1.54) is 0 Å². The predicted octanol–water partition coefficient (Wildman–Crippen LogP) is 4.64. The fourth-order valence-corrected chi connectivity index (χ4v) is 2.45. The first-order valence-corrected chi connectivity index (χ1v) is 8.49. The summed E-state index contributed by atoms with van der Waals surface area (Å²) in [6, 6.07) is 15.1. The summed E-state index contributed by atoms with van der Waals surface area (Å²) in [6.07, 6.45) is 0.699. The maximum Gasteiger partial charge on any atom is 0.310 e. The fourth-order valence-electron chi connectivity index (χ4n) is 2.45. The maximum atomic E-state index is 11.4. The molecular formula is C21H24O4. The number of benzene rings is 2. The lowest BCUT2D eigenvalue weighted by Gasteiger charge is -2.26. The van der Waals surface area contributed by atoms with Crippen molar-refractivity contribution in [2.75, 3.05) is 0 Å². The highest BCUT2D eigenvalue weighted by Crippen LogP contribution is 2.33. The van der Waals surface area contributed by atoms with Gasteiger partial charge in [-0.1, -0.05) is 52.0 Å². The molecule has 0 aliphatic heterocycles. The van der Waals surface area contributed by atoms with Crippen molar-refractivity contribution in [1.29, 1.82) is 0 Å². The van der Waals surface area contributed by atoms with Crippen LogP contribution in [0, 0.1) is 0 Å². The van der Waals surface area contributed by atoms with Crippen molar-refractivity contribution in [3.05, 3.63) is 59.7 Å². The van der Waals surface area contributed by atoms with E-state index in [0.29, 0.717) is 24.3 Å². The second-order valence-electron chi connectivity index (χ2n) is 6.33. The molecule has 0 fully saturated rings. The molecule has 0 saturated carbocycles. The Labute approximate surface area is 148 Å². The Bertz CT molecular complexity index is 664. The molecule has 2 rings (SSSR count). The first-order valence-electron chi connectivity index (χ1n) is 8.49. The topological polar surface area (TPSA) is 52.6 Å². The van der Waals surface area contributed by atoms with Gasteiger partial charge in [-0.25, -0.2) is 0 Å². The normalized spacial score (nSPS) is 11.0. The molecule has 0 heterocycles. The van der Waals surface area contributed by atoms with Gasteiger partial charge in [-0.3, -0.25) is 9.59 Å². The molecule has 0 N–H and O–H groups in total. The Morgan fingerprint density at radius 1 is 0.720 bits per heavy atom. The smallest absolute Gasteiger partial charge is 0.310 e. The average molecular weight is 340 g/mol. The van der Waals surface area contributed by atoms with E-state index in [4.69, 9.17) is 9.47 Å². The monoisotopic (exact) mass is 340 g/mol. The Morgan fingerprint density at radius 2 is 1.04 bits per heavy atom. The molecule has 4 heteroatoms. The van der Waals surface area contributed by atoms with Crippen LogP contribution < -0.4 is 9.47 Å². The van der Waals surface area contributed by atoms with E-state index in [1.807, 2.05) is 48.5 Å². The quantitative estimate of drug-likeness (QED) is 0.568. The molecule has 0 bridgehead atoms. The summed E-state index contributed by atoms with van der Waals surface area (Å²) in [5, 5.41) is 0. The molecule has 0 aromatic heterocycles. The summed E-state index contributed by atoms with van der Waals surface area (Å²) in [5.74, 6) is 0.606. The van der Waals surface area contributed by atoms with E-state index in [9.17, 15) is 9.59 Å². The van der Waals surface area contributed by atoms with Crippen molar-refractivity contribution < 1.29 is 19.1 Å². The molecular weight excluding hydrogens is 316 g/mol. The molecule has 0 spiro atoms. The van der Waals surface area contributed by atoms with E-state index in [2.05, 4.69) is 13.8 Å². The number of hydrogen-bond donors (Lipinski definition) is 0. The largest absolute Gasteiger partial charge is 0.427 e. The van der Waals surface area contributed by atoms with Crippen LogP contribution in [0.4, 0.5) is 0 Å². The predicted molar refractivity (Wildman–Crippen MR) is 96.9 cm³/mol. The van der Waals surface area contributed by atoms with Crippen LogP contribution in [0.2, 0.25) is 0 Å². The molecule has 2 aromatic carbocycles. The second-order valence-corrected chi connectivity index (χ2v) is 6.33. The zero-order valence-corrected chi connectivity index (χ0v) is 15.2. The van der Waals surface area contributed by atoms with Crippen molar-refractivity contribution in [3.63, 3.8) is 0 Å². The van der Waals surface area contributed by atoms with Crippen LogP contribution in [0.5, 0.6) is 11.5 Å². The molecule has 132 valence electrons. The molecule has 0 saturated heterocycles. The third-order valence-electron chi connectivity index (χ3n) is 4.19. The van der Waals surface area contributed by atoms with Gasteiger partial charge in [0, 0.05) is 18.3 Å². The van der Waals surface area contributed by atoms with Gasteiger partial charge in [-0.05, 0) is 35.4 Å². The molecule has 25 heavy (non-hydrogen) atoms. The van der Waals surface area contributed by atoms with E-state index < -0.39 is 0 Å². The number of carbonyl (C=O) groups excluding carboxylic acids is 2. The van der Waals surface area contributed by atoms with E-state index in [1.54, 1.807) is 13.8 Å². The fraction of sp³-hybridized carbons (Fsp3) is 0.333. The summed E-state index contributed by atoms with van der Waals surface area (Å²) in [4.78, 5) is 22.7. The van der Waals surface area contributed by atoms with Gasteiger partial charge in [0.25, 0.3) is 0 Å². The van der Waals surface area contributed by atoms with Crippen molar-refractivity contribution in [1.82, 2.24) is 0 Å². The van der Waals surface area contributed by atoms with Crippen molar-refractivity contribution in [3.8, 4) is 11.5 Å². The summed E-state index contributed by atoms with van der Waals surface area (Å²) >= 11 is 0. The standard InChI is InChI=1S/C21H24O4/c1-5-19(22)24-17-11-7-15(8-12-17)21(3,4)16-9-13-18(14-10-16)25-20(23)6-2/h7-14H,5-6H2,1-4H3. The lowest BCUT2D eigenvalue weighted by molar-refractivity contribution is -0.134. The average Bonchev–Trinajstić information content (AvgIpc) is 2.62. The van der Waals surface area contributed by atoms with Gasteiger partial charge in [0.15, 0.2) is 0 Å². The van der Waals surface area contributed by atoms with Gasteiger partial charge < -0.3 is 9.47 Å². The number of carbonyl (C=O) groups is 2. The molecule has 0 atom stereocenters. The third-order valence-corrected chi connectivity index (χ3v) is 4.19. The molecule has 0 unspecified atom stereocenters. The summed E-state index contributed by atoms with van der Waals surface area (Å²) in [7, 11) is 0. The van der Waals surface area contributed by atoms with Gasteiger partial charge in [0.2, 0.25) is 0 Å². The van der Waals surface area contributed by atoms with Gasteiger partial charge in [0.1, 0.15) is 11.5 Å². The highest BCUT2D eigenvalue weighted by molar-refractivity contribution is 5.72. The number of rotatable bonds is 6. The van der Waals surface area contributed by atoms with Crippen LogP contribution in [-0.2, 0) is 15.0 Å². The van der Waals surface area contributed by atoms with Crippen LogP contribution >= 0.6 is 0 Å². The maximum absolute atomic E-state index is 11.4. The third kappa shape index (κ3) is 4.69. The van der Waals surface area contributed by atoms with Crippen LogP contribution in [-0.4, -0.2) is 11.9 Å². The lowest BCUT2D eigenvalue weighted by atomic mass is 9.78. The minimum atomic E-state index is -0.246. The van der Waals surface area contributed by atoms with E-state index >= 15 is 0 Å². The zero-order chi connectivity index (χ0) is 18.4. The van der Waals surface area contributed by atoms with Crippen LogP contribution in [0.3, 0.4) is 0 Å². The number of hydrogen-bond acceptors (Lipinski definition) is 4. The molecule has 4 nitrogen and oxygen atoms in total. The van der Waals surface area contributed by atoms with Crippen molar-refractivity contribution >= 4 is 11.9 Å². The van der Waals surface area contributed by atoms with Crippen LogP contribution in [0.15, 0.2) is 48.5 Å². The van der Waals surface area contributed by atoms with Gasteiger partial charge in [-0.15, -0.1) is 0 Å². The first-order chi connectivity index (χ1) is 11.9. The first kappa shape index (κ1) is 18.7. The Balaban J connectivity index is 2.17. The van der Waals surface area contributed by atoms with Crippen molar-refractivity contribution in [2.45, 2.75) is 46.0 Å². The van der Waals surface area contributed by atoms with E-state index in [0.717, 1.165) is 11.1 Å². The van der Waals surface area contributed by atoms with Gasteiger partial charge in [0.05, 0.1) is 0 Å². The molecule has 0 aliphatic rings. The summed E-state index contributed by atoms with van der Waals surface area (Å²) in [5.41, 5.74) is 1.96. The number of esters is 2. The zero-order valence-electron chi connectivity index (χ0n) is 15.2. The minimum Gasteiger partial charge on any atom is -0.427 e. The molecule has 0 amide bonds. The number of ether oxygens (including phenoxy) is 2. The van der Waals surface area contributed by atoms with Gasteiger partial charge in [-0.2, -0.15) is 0 Å². The highest BCUT2D eigenvalue weighted by Gasteiger charge is 2.23. The van der Waals surface area contributed by atoms with Crippen molar-refractivity contribution in [2.24, 2.45) is 0 Å². The Morgan fingerprint density at radius 3 is 1.32 bits per heavy atom. The SMILES string of the molecule is CCC(=O)Oc1ccc(C(C)(C)c2ccc(OC(=O)CC)cc2)cc1. The molecule has 2 aromatic rings. The van der Waals surface area contributed by atoms with E-state index in [-0.39, 0.29) is 17.4 Å². The van der Waals surface area contributed by atoms with Crippen LogP contribution in [0.1, 0.15) is 51.7 Å². The summed E-state index contributed by atoms with van der Waals surface area (Å²) < 4.78 is 10.4. The molecule has 0 aliphatic carbocycles. The second kappa shape index (κ2) is 7.97. The Kier molecular flexibility index (Phi) is 5.97.